The first kappa shape index (κ1) is 8.26. The highest BCUT2D eigenvalue weighted by Crippen LogP contribution is 2.11. The Morgan fingerprint density at radius 3 is 3.00 bits per heavy atom. The van der Waals surface area contributed by atoms with Gasteiger partial charge >= 0.3 is 0 Å². The van der Waals surface area contributed by atoms with Crippen LogP contribution in [0.3, 0.4) is 0 Å². The Balaban J connectivity index is 2.23. The number of carbonyl (C=O) groups excluding carboxylic acids is 1. The van der Waals surface area contributed by atoms with E-state index >= 15 is 0 Å². The van der Waals surface area contributed by atoms with Gasteiger partial charge in [0, 0.05) is 11.1 Å². The first-order valence-electron chi connectivity index (χ1n) is 4.03. The molecular formula is C10H9NOS. The smallest absolute Gasteiger partial charge is 0.166 e. The topological polar surface area (TPSA) is 22.0 Å². The molecule has 2 aromatic rings. The molecule has 0 N–H and O–H groups in total. The number of aromatic nitrogens is 1. The van der Waals surface area contributed by atoms with Crippen molar-refractivity contribution in [1.29, 1.82) is 0 Å². The monoisotopic (exact) mass is 191 g/mol. The zero-order valence-electron chi connectivity index (χ0n) is 7.01. The Hall–Kier alpha value is -1.35. The van der Waals surface area contributed by atoms with E-state index in [0.717, 1.165) is 18.5 Å². The molecule has 0 aromatic carbocycles. The molecule has 0 aliphatic rings. The van der Waals surface area contributed by atoms with Crippen molar-refractivity contribution >= 4 is 17.6 Å². The molecule has 0 aliphatic heterocycles. The molecular weight excluding hydrogens is 182 g/mol. The van der Waals surface area contributed by atoms with Gasteiger partial charge in [0.15, 0.2) is 6.29 Å². The summed E-state index contributed by atoms with van der Waals surface area (Å²) in [7, 11) is 0. The van der Waals surface area contributed by atoms with E-state index < -0.39 is 0 Å². The van der Waals surface area contributed by atoms with Crippen LogP contribution < -0.4 is 0 Å². The van der Waals surface area contributed by atoms with Crippen LogP contribution in [0.25, 0.3) is 0 Å². The van der Waals surface area contributed by atoms with Crippen LogP contribution in [0.1, 0.15) is 15.4 Å². The van der Waals surface area contributed by atoms with Crippen molar-refractivity contribution in [3.8, 4) is 0 Å². The van der Waals surface area contributed by atoms with Crippen molar-refractivity contribution in [1.82, 2.24) is 4.57 Å². The molecule has 0 bridgehead atoms. The molecule has 0 unspecified atom stereocenters. The maximum atomic E-state index is 10.6. The van der Waals surface area contributed by atoms with Gasteiger partial charge in [-0.3, -0.25) is 4.79 Å². The number of carbonyl (C=O) groups is 1. The van der Waals surface area contributed by atoms with E-state index in [2.05, 4.69) is 6.07 Å². The van der Waals surface area contributed by atoms with Crippen molar-refractivity contribution in [3.05, 3.63) is 46.4 Å². The summed E-state index contributed by atoms with van der Waals surface area (Å²) in [5.74, 6) is 0. The molecule has 0 amide bonds. The molecule has 3 heteroatoms. The molecule has 0 fully saturated rings. The van der Waals surface area contributed by atoms with E-state index in [1.54, 1.807) is 11.3 Å². The van der Waals surface area contributed by atoms with Crippen molar-refractivity contribution in [2.24, 2.45) is 0 Å². The summed E-state index contributed by atoms with van der Waals surface area (Å²) in [4.78, 5) is 11.9. The van der Waals surface area contributed by atoms with E-state index in [0.29, 0.717) is 0 Å². The third-order valence-corrected chi connectivity index (χ3v) is 2.75. The fourth-order valence-corrected chi connectivity index (χ4v) is 1.95. The molecule has 0 aliphatic carbocycles. The van der Waals surface area contributed by atoms with E-state index in [9.17, 15) is 4.79 Å². The molecule has 0 saturated carbocycles. The summed E-state index contributed by atoms with van der Waals surface area (Å²) >= 11 is 1.70. The molecule has 0 radical (unpaired) electrons. The lowest BCUT2D eigenvalue weighted by Gasteiger charge is -2.01. The first-order chi connectivity index (χ1) is 6.40. The molecule has 13 heavy (non-hydrogen) atoms. The minimum absolute atomic E-state index is 0.730. The van der Waals surface area contributed by atoms with Crippen LogP contribution in [-0.2, 0) is 6.54 Å². The quantitative estimate of drug-likeness (QED) is 0.683. The minimum Gasteiger partial charge on any atom is -0.340 e. The third kappa shape index (κ3) is 1.70. The second-order valence-electron chi connectivity index (χ2n) is 2.76. The highest BCUT2D eigenvalue weighted by Gasteiger charge is 2.00. The predicted molar refractivity (Wildman–Crippen MR) is 53.2 cm³/mol. The summed E-state index contributed by atoms with van der Waals surface area (Å²) < 4.78 is 1.94. The van der Waals surface area contributed by atoms with Crippen LogP contribution >= 0.6 is 11.3 Å². The van der Waals surface area contributed by atoms with Crippen molar-refractivity contribution in [2.75, 3.05) is 0 Å². The zero-order chi connectivity index (χ0) is 9.10. The van der Waals surface area contributed by atoms with Crippen LogP contribution in [0.4, 0.5) is 0 Å². The van der Waals surface area contributed by atoms with Gasteiger partial charge in [0.2, 0.25) is 0 Å². The maximum absolute atomic E-state index is 10.6. The summed E-state index contributed by atoms with van der Waals surface area (Å²) in [6.45, 7) is 0.790. The van der Waals surface area contributed by atoms with E-state index in [1.807, 2.05) is 34.3 Å². The van der Waals surface area contributed by atoms with Gasteiger partial charge in [-0.15, -0.1) is 11.3 Å². The van der Waals surface area contributed by atoms with Gasteiger partial charge < -0.3 is 4.57 Å². The highest BCUT2D eigenvalue weighted by atomic mass is 32.1. The van der Waals surface area contributed by atoms with E-state index in [4.69, 9.17) is 0 Å². The lowest BCUT2D eigenvalue weighted by molar-refractivity contribution is 0.111. The van der Waals surface area contributed by atoms with Gasteiger partial charge in [-0.1, -0.05) is 6.07 Å². The Kier molecular flexibility index (Phi) is 2.27. The first-order valence-corrected chi connectivity index (χ1v) is 4.91. The fraction of sp³-hybridized carbons (Fsp3) is 0.100. The fourth-order valence-electron chi connectivity index (χ4n) is 1.25. The van der Waals surface area contributed by atoms with Crippen LogP contribution in [0.5, 0.6) is 0 Å². The summed E-state index contributed by atoms with van der Waals surface area (Å²) in [5.41, 5.74) is 0.730. The number of hydrogen-bond acceptors (Lipinski definition) is 2. The van der Waals surface area contributed by atoms with E-state index in [1.165, 1.54) is 4.88 Å². The SMILES string of the molecule is O=Cc1cccn1Cc1cccs1. The normalized spacial score (nSPS) is 10.2. The second kappa shape index (κ2) is 3.58. The van der Waals surface area contributed by atoms with Crippen LogP contribution in [0, 0.1) is 0 Å². The average Bonchev–Trinajstić information content (AvgIpc) is 2.76. The van der Waals surface area contributed by atoms with Gasteiger partial charge in [-0.2, -0.15) is 0 Å². The molecule has 2 rings (SSSR count). The highest BCUT2D eigenvalue weighted by molar-refractivity contribution is 7.09. The molecule has 0 spiro atoms. The van der Waals surface area contributed by atoms with Gasteiger partial charge in [0.05, 0.1) is 12.2 Å². The standard InChI is InChI=1S/C10H9NOS/c12-8-9-3-1-5-11(9)7-10-4-2-6-13-10/h1-6,8H,7H2. The number of nitrogens with zero attached hydrogens (tertiary/aromatic N) is 1. The Morgan fingerprint density at radius 2 is 2.31 bits per heavy atom. The number of aldehydes is 1. The Bertz CT molecular complexity index is 389. The largest absolute Gasteiger partial charge is 0.340 e. The molecule has 2 heterocycles. The van der Waals surface area contributed by atoms with Gasteiger partial charge in [-0.05, 0) is 23.6 Å². The Morgan fingerprint density at radius 1 is 1.38 bits per heavy atom. The van der Waals surface area contributed by atoms with Gasteiger partial charge in [0.1, 0.15) is 0 Å². The molecule has 2 aromatic heterocycles. The van der Waals surface area contributed by atoms with Gasteiger partial charge in [0.25, 0.3) is 0 Å². The maximum Gasteiger partial charge on any atom is 0.166 e. The average molecular weight is 191 g/mol. The molecule has 66 valence electrons. The summed E-state index contributed by atoms with van der Waals surface area (Å²) in [6.07, 6.45) is 2.80. The molecule has 0 saturated heterocycles. The number of thiophene rings is 1. The lowest BCUT2D eigenvalue weighted by atomic mass is 10.4. The van der Waals surface area contributed by atoms with Crippen LogP contribution in [-0.4, -0.2) is 10.9 Å². The zero-order valence-corrected chi connectivity index (χ0v) is 7.83. The number of hydrogen-bond donors (Lipinski definition) is 0. The molecule has 2 nitrogen and oxygen atoms in total. The van der Waals surface area contributed by atoms with Crippen LogP contribution in [0.15, 0.2) is 35.8 Å². The second-order valence-corrected chi connectivity index (χ2v) is 3.79. The Labute approximate surface area is 80.4 Å². The lowest BCUT2D eigenvalue weighted by Crippen LogP contribution is -2.00. The van der Waals surface area contributed by atoms with Crippen LogP contribution in [0.2, 0.25) is 0 Å². The molecule has 0 atom stereocenters. The van der Waals surface area contributed by atoms with Gasteiger partial charge in [-0.25, -0.2) is 0 Å². The number of rotatable bonds is 3. The summed E-state index contributed by atoms with van der Waals surface area (Å²) in [6, 6.07) is 7.79. The predicted octanol–water partition coefficient (Wildman–Crippen LogP) is 2.41. The van der Waals surface area contributed by atoms with Crippen molar-refractivity contribution in [2.45, 2.75) is 6.54 Å². The van der Waals surface area contributed by atoms with Crippen molar-refractivity contribution in [3.63, 3.8) is 0 Å². The third-order valence-electron chi connectivity index (χ3n) is 1.89. The van der Waals surface area contributed by atoms with E-state index in [-0.39, 0.29) is 0 Å². The summed E-state index contributed by atoms with van der Waals surface area (Å²) in [5, 5.41) is 2.04. The van der Waals surface area contributed by atoms with Crippen molar-refractivity contribution < 1.29 is 4.79 Å². The minimum atomic E-state index is 0.730.